The average Bonchev–Trinajstić information content (AvgIpc) is 2.30. The summed E-state index contributed by atoms with van der Waals surface area (Å²) in [7, 11) is 1.50. The van der Waals surface area contributed by atoms with Crippen molar-refractivity contribution in [3.05, 3.63) is 28.8 Å². The quantitative estimate of drug-likeness (QED) is 0.721. The maximum absolute atomic E-state index is 11.0. The lowest BCUT2D eigenvalue weighted by Crippen LogP contribution is -2.29. The summed E-state index contributed by atoms with van der Waals surface area (Å²) in [6, 6.07) is 4.13. The standard InChI is InChI=1S/C11H14ClNO4/c1-17-6-8(5-14)13-10-3-2-7(12)4-9(10)11(15)16/h2-4,8,13-14H,5-6H2,1H3,(H,15,16). The Morgan fingerprint density at radius 3 is 2.82 bits per heavy atom. The smallest absolute Gasteiger partial charge is 0.337 e. The minimum Gasteiger partial charge on any atom is -0.478 e. The van der Waals surface area contributed by atoms with Crippen molar-refractivity contribution in [2.24, 2.45) is 0 Å². The number of methoxy groups -OCH3 is 1. The van der Waals surface area contributed by atoms with Crippen LogP contribution in [-0.4, -0.2) is 42.5 Å². The van der Waals surface area contributed by atoms with Gasteiger partial charge in [-0.05, 0) is 18.2 Å². The second kappa shape index (κ2) is 6.44. The highest BCUT2D eigenvalue weighted by atomic mass is 35.5. The Balaban J connectivity index is 2.92. The van der Waals surface area contributed by atoms with Gasteiger partial charge in [0.1, 0.15) is 0 Å². The number of aromatic carboxylic acids is 1. The molecule has 6 heteroatoms. The number of benzene rings is 1. The first-order chi connectivity index (χ1) is 8.08. The van der Waals surface area contributed by atoms with Gasteiger partial charge < -0.3 is 20.3 Å². The Kier molecular flexibility index (Phi) is 5.21. The molecular formula is C11H14ClNO4. The van der Waals surface area contributed by atoms with Crippen molar-refractivity contribution >= 4 is 23.3 Å². The predicted molar refractivity (Wildman–Crippen MR) is 64.8 cm³/mol. The molecule has 0 aliphatic carbocycles. The molecule has 17 heavy (non-hydrogen) atoms. The third-order valence-corrected chi connectivity index (χ3v) is 2.39. The molecule has 5 nitrogen and oxygen atoms in total. The molecule has 0 aromatic heterocycles. The summed E-state index contributed by atoms with van der Waals surface area (Å²) < 4.78 is 4.90. The van der Waals surface area contributed by atoms with Crippen LogP contribution < -0.4 is 5.32 Å². The number of halogens is 1. The highest BCUT2D eigenvalue weighted by molar-refractivity contribution is 6.31. The van der Waals surface area contributed by atoms with Crippen molar-refractivity contribution in [3.63, 3.8) is 0 Å². The molecule has 0 saturated carbocycles. The number of carbonyl (C=O) groups is 1. The third kappa shape index (κ3) is 3.89. The fraction of sp³-hybridized carbons (Fsp3) is 0.364. The summed E-state index contributed by atoms with van der Waals surface area (Å²) in [5, 5.41) is 21.3. The normalized spacial score (nSPS) is 12.2. The second-order valence-corrected chi connectivity index (χ2v) is 3.91. The number of rotatable bonds is 6. The predicted octanol–water partition coefficient (Wildman–Crippen LogP) is 1.46. The Bertz CT molecular complexity index is 397. The van der Waals surface area contributed by atoms with Crippen LogP contribution in [0.4, 0.5) is 5.69 Å². The van der Waals surface area contributed by atoms with E-state index in [-0.39, 0.29) is 24.8 Å². The number of carboxylic acids is 1. The van der Waals surface area contributed by atoms with E-state index in [1.54, 1.807) is 12.1 Å². The van der Waals surface area contributed by atoms with Crippen LogP contribution >= 0.6 is 11.6 Å². The van der Waals surface area contributed by atoms with Crippen LogP contribution in [0.1, 0.15) is 10.4 Å². The fourth-order valence-corrected chi connectivity index (χ4v) is 1.55. The van der Waals surface area contributed by atoms with Crippen LogP contribution in [0.3, 0.4) is 0 Å². The number of nitrogens with one attached hydrogen (secondary N) is 1. The van der Waals surface area contributed by atoms with E-state index in [0.29, 0.717) is 10.7 Å². The van der Waals surface area contributed by atoms with Gasteiger partial charge in [-0.2, -0.15) is 0 Å². The molecule has 1 rings (SSSR count). The Morgan fingerprint density at radius 2 is 2.29 bits per heavy atom. The maximum Gasteiger partial charge on any atom is 0.337 e. The van der Waals surface area contributed by atoms with Crippen molar-refractivity contribution < 1.29 is 19.7 Å². The van der Waals surface area contributed by atoms with Crippen LogP contribution in [0.15, 0.2) is 18.2 Å². The molecule has 0 fully saturated rings. The third-order valence-electron chi connectivity index (χ3n) is 2.16. The summed E-state index contributed by atoms with van der Waals surface area (Å²) in [6.07, 6.45) is 0. The molecule has 1 unspecified atom stereocenters. The van der Waals surface area contributed by atoms with Gasteiger partial charge in [0.15, 0.2) is 0 Å². The molecular weight excluding hydrogens is 246 g/mol. The van der Waals surface area contributed by atoms with Gasteiger partial charge in [0.05, 0.1) is 24.8 Å². The number of hydrogen-bond acceptors (Lipinski definition) is 4. The molecule has 3 N–H and O–H groups in total. The summed E-state index contributed by atoms with van der Waals surface area (Å²) >= 11 is 5.73. The Hall–Kier alpha value is -1.30. The lowest BCUT2D eigenvalue weighted by molar-refractivity contribution is 0.0697. The minimum atomic E-state index is -1.08. The molecule has 1 aromatic carbocycles. The SMILES string of the molecule is COCC(CO)Nc1ccc(Cl)cc1C(=O)O. The minimum absolute atomic E-state index is 0.0621. The molecule has 0 bridgehead atoms. The van der Waals surface area contributed by atoms with E-state index in [4.69, 9.17) is 26.6 Å². The molecule has 94 valence electrons. The van der Waals surface area contributed by atoms with Gasteiger partial charge in [0.25, 0.3) is 0 Å². The largest absolute Gasteiger partial charge is 0.478 e. The van der Waals surface area contributed by atoms with Gasteiger partial charge >= 0.3 is 5.97 Å². The van der Waals surface area contributed by atoms with Gasteiger partial charge in [-0.1, -0.05) is 11.6 Å². The van der Waals surface area contributed by atoms with E-state index in [1.165, 1.54) is 13.2 Å². The highest BCUT2D eigenvalue weighted by Crippen LogP contribution is 2.21. The van der Waals surface area contributed by atoms with Gasteiger partial charge in [-0.3, -0.25) is 0 Å². The molecule has 0 spiro atoms. The van der Waals surface area contributed by atoms with E-state index in [0.717, 1.165) is 0 Å². The second-order valence-electron chi connectivity index (χ2n) is 3.47. The molecule has 0 aliphatic heterocycles. The number of aliphatic hydroxyl groups excluding tert-OH is 1. The monoisotopic (exact) mass is 259 g/mol. The highest BCUT2D eigenvalue weighted by Gasteiger charge is 2.14. The van der Waals surface area contributed by atoms with Crippen LogP contribution in [0.2, 0.25) is 5.02 Å². The Labute approximate surface area is 104 Å². The van der Waals surface area contributed by atoms with E-state index in [1.807, 2.05) is 0 Å². The number of hydrogen-bond donors (Lipinski definition) is 3. The molecule has 0 saturated heterocycles. The van der Waals surface area contributed by atoms with E-state index < -0.39 is 5.97 Å². The van der Waals surface area contributed by atoms with Gasteiger partial charge in [-0.15, -0.1) is 0 Å². The first kappa shape index (κ1) is 13.8. The number of carboxylic acid groups (broad SMARTS) is 1. The van der Waals surface area contributed by atoms with Gasteiger partial charge in [0.2, 0.25) is 0 Å². The van der Waals surface area contributed by atoms with Crippen molar-refractivity contribution in [2.75, 3.05) is 25.6 Å². The van der Waals surface area contributed by atoms with E-state index >= 15 is 0 Å². The molecule has 0 heterocycles. The van der Waals surface area contributed by atoms with Crippen LogP contribution in [0.25, 0.3) is 0 Å². The maximum atomic E-state index is 11.0. The molecule has 1 aromatic rings. The molecule has 0 radical (unpaired) electrons. The zero-order valence-electron chi connectivity index (χ0n) is 9.31. The van der Waals surface area contributed by atoms with Crippen molar-refractivity contribution in [1.29, 1.82) is 0 Å². The fourth-order valence-electron chi connectivity index (χ4n) is 1.38. The molecule has 0 amide bonds. The van der Waals surface area contributed by atoms with Gasteiger partial charge in [0, 0.05) is 17.8 Å². The first-order valence-electron chi connectivity index (χ1n) is 4.97. The zero-order valence-corrected chi connectivity index (χ0v) is 10.1. The van der Waals surface area contributed by atoms with Crippen molar-refractivity contribution in [3.8, 4) is 0 Å². The van der Waals surface area contributed by atoms with Gasteiger partial charge in [-0.25, -0.2) is 4.79 Å². The molecule has 1 atom stereocenters. The first-order valence-corrected chi connectivity index (χ1v) is 5.35. The average molecular weight is 260 g/mol. The molecule has 0 aliphatic rings. The summed E-state index contributed by atoms with van der Waals surface area (Å²) in [5.74, 6) is -1.08. The van der Waals surface area contributed by atoms with E-state index in [2.05, 4.69) is 5.32 Å². The number of aliphatic hydroxyl groups is 1. The van der Waals surface area contributed by atoms with E-state index in [9.17, 15) is 4.79 Å². The van der Waals surface area contributed by atoms with Crippen LogP contribution in [0.5, 0.6) is 0 Å². The number of ether oxygens (including phenoxy) is 1. The number of anilines is 1. The lowest BCUT2D eigenvalue weighted by atomic mass is 10.1. The summed E-state index contributed by atoms with van der Waals surface area (Å²) in [4.78, 5) is 11.0. The zero-order chi connectivity index (χ0) is 12.8. The van der Waals surface area contributed by atoms with Crippen molar-refractivity contribution in [2.45, 2.75) is 6.04 Å². The summed E-state index contributed by atoms with van der Waals surface area (Å²) in [5.41, 5.74) is 0.463. The summed E-state index contributed by atoms with van der Waals surface area (Å²) in [6.45, 7) is 0.119. The lowest BCUT2D eigenvalue weighted by Gasteiger charge is -2.18. The Morgan fingerprint density at radius 1 is 1.59 bits per heavy atom. The van der Waals surface area contributed by atoms with Crippen LogP contribution in [0, 0.1) is 0 Å². The van der Waals surface area contributed by atoms with Crippen LogP contribution in [-0.2, 0) is 4.74 Å². The topological polar surface area (TPSA) is 78.8 Å². The van der Waals surface area contributed by atoms with Crippen molar-refractivity contribution in [1.82, 2.24) is 0 Å².